The van der Waals surface area contributed by atoms with Crippen LogP contribution in [-0.2, 0) is 16.1 Å². The minimum absolute atomic E-state index is 0.0508. The number of nitrogens with zero attached hydrogens (tertiary/aromatic N) is 2. The molecule has 5 nitrogen and oxygen atoms in total. The molecular weight excluding hydrogens is 340 g/mol. The highest BCUT2D eigenvalue weighted by molar-refractivity contribution is 5.80. The summed E-state index contributed by atoms with van der Waals surface area (Å²) in [5, 5.41) is 9.68. The fraction of sp³-hybridized carbons (Fsp3) is 0.636. The van der Waals surface area contributed by atoms with Crippen LogP contribution in [0.3, 0.4) is 0 Å². The molecular formula is C22H32N2O3. The first kappa shape index (κ1) is 19.9. The summed E-state index contributed by atoms with van der Waals surface area (Å²) >= 11 is 0. The van der Waals surface area contributed by atoms with Crippen molar-refractivity contribution in [2.24, 2.45) is 5.92 Å². The first-order valence-corrected chi connectivity index (χ1v) is 10.3. The quantitative estimate of drug-likeness (QED) is 0.796. The number of rotatable bonds is 7. The van der Waals surface area contributed by atoms with E-state index >= 15 is 0 Å². The number of hydrogen-bond donors (Lipinski definition) is 1. The van der Waals surface area contributed by atoms with Crippen molar-refractivity contribution in [3.63, 3.8) is 0 Å². The van der Waals surface area contributed by atoms with Crippen LogP contribution in [0.4, 0.5) is 0 Å². The van der Waals surface area contributed by atoms with Gasteiger partial charge in [0.15, 0.2) is 0 Å². The van der Waals surface area contributed by atoms with Crippen LogP contribution in [0.5, 0.6) is 0 Å². The van der Waals surface area contributed by atoms with Crippen molar-refractivity contribution >= 4 is 11.9 Å². The molecule has 1 saturated heterocycles. The molecule has 148 valence electrons. The SMILES string of the molecule is CCCN(Cc1ccc(C)cc1)C(=O)CN1C(C(=O)O)CC2CCCCC21. The zero-order valence-corrected chi connectivity index (χ0v) is 16.6. The number of amides is 1. The molecule has 1 aromatic carbocycles. The molecule has 2 aliphatic rings. The van der Waals surface area contributed by atoms with Gasteiger partial charge in [-0.1, -0.05) is 49.6 Å². The van der Waals surface area contributed by atoms with Crippen LogP contribution in [0, 0.1) is 12.8 Å². The van der Waals surface area contributed by atoms with Crippen LogP contribution in [0.25, 0.3) is 0 Å². The Balaban J connectivity index is 1.71. The highest BCUT2D eigenvalue weighted by Crippen LogP contribution is 2.39. The second-order valence-electron chi connectivity index (χ2n) is 8.17. The van der Waals surface area contributed by atoms with E-state index in [0.29, 0.717) is 25.4 Å². The lowest BCUT2D eigenvalue weighted by Crippen LogP contribution is -2.48. The lowest BCUT2D eigenvalue weighted by molar-refractivity contribution is -0.144. The largest absolute Gasteiger partial charge is 0.480 e. The molecule has 0 aromatic heterocycles. The molecule has 1 amide bonds. The van der Waals surface area contributed by atoms with Gasteiger partial charge in [0.1, 0.15) is 6.04 Å². The average Bonchev–Trinajstić information content (AvgIpc) is 3.02. The van der Waals surface area contributed by atoms with Crippen molar-refractivity contribution in [1.29, 1.82) is 0 Å². The van der Waals surface area contributed by atoms with Gasteiger partial charge >= 0.3 is 5.97 Å². The molecule has 1 saturated carbocycles. The number of carboxylic acids is 1. The van der Waals surface area contributed by atoms with Gasteiger partial charge in [-0.25, -0.2) is 0 Å². The Bertz CT molecular complexity index is 658. The molecule has 0 spiro atoms. The third-order valence-corrected chi connectivity index (χ3v) is 6.16. The summed E-state index contributed by atoms with van der Waals surface area (Å²) in [6.07, 6.45) is 6.03. The van der Waals surface area contributed by atoms with Crippen molar-refractivity contribution in [1.82, 2.24) is 9.80 Å². The zero-order chi connectivity index (χ0) is 19.4. The Labute approximate surface area is 162 Å². The van der Waals surface area contributed by atoms with E-state index in [2.05, 4.69) is 38.1 Å². The van der Waals surface area contributed by atoms with Gasteiger partial charge in [-0.3, -0.25) is 14.5 Å². The Hall–Kier alpha value is -1.88. The first-order chi connectivity index (χ1) is 13.0. The van der Waals surface area contributed by atoms with Gasteiger partial charge in [-0.05, 0) is 44.1 Å². The van der Waals surface area contributed by atoms with Gasteiger partial charge in [-0.15, -0.1) is 0 Å². The molecule has 0 radical (unpaired) electrons. The topological polar surface area (TPSA) is 60.9 Å². The summed E-state index contributed by atoms with van der Waals surface area (Å²) < 4.78 is 0. The molecule has 1 heterocycles. The fourth-order valence-electron chi connectivity index (χ4n) is 4.75. The highest BCUT2D eigenvalue weighted by Gasteiger charge is 2.46. The minimum atomic E-state index is -0.780. The summed E-state index contributed by atoms with van der Waals surface area (Å²) in [5.74, 6) is -0.294. The number of benzene rings is 1. The Morgan fingerprint density at radius 1 is 1.19 bits per heavy atom. The molecule has 1 aliphatic heterocycles. The number of aryl methyl sites for hydroxylation is 1. The third-order valence-electron chi connectivity index (χ3n) is 6.16. The number of aliphatic carboxylic acids is 1. The average molecular weight is 373 g/mol. The van der Waals surface area contributed by atoms with E-state index in [1.54, 1.807) is 0 Å². The molecule has 1 N–H and O–H groups in total. The number of carbonyl (C=O) groups is 2. The maximum Gasteiger partial charge on any atom is 0.320 e. The smallest absolute Gasteiger partial charge is 0.320 e. The van der Waals surface area contributed by atoms with E-state index in [1.165, 1.54) is 12.0 Å². The van der Waals surface area contributed by atoms with Crippen LogP contribution in [0.2, 0.25) is 0 Å². The maximum absolute atomic E-state index is 13.1. The minimum Gasteiger partial charge on any atom is -0.480 e. The monoisotopic (exact) mass is 372 g/mol. The van der Waals surface area contributed by atoms with Crippen LogP contribution in [-0.4, -0.2) is 52.0 Å². The van der Waals surface area contributed by atoms with Gasteiger partial charge in [0, 0.05) is 19.1 Å². The Kier molecular flexibility index (Phi) is 6.53. The summed E-state index contributed by atoms with van der Waals surface area (Å²) in [5.41, 5.74) is 2.32. The molecule has 1 aliphatic carbocycles. The number of carboxylic acid groups (broad SMARTS) is 1. The Morgan fingerprint density at radius 2 is 1.89 bits per heavy atom. The van der Waals surface area contributed by atoms with Crippen molar-refractivity contribution < 1.29 is 14.7 Å². The number of likely N-dealkylation sites (tertiary alicyclic amines) is 1. The molecule has 27 heavy (non-hydrogen) atoms. The molecule has 0 bridgehead atoms. The lowest BCUT2D eigenvalue weighted by atomic mass is 9.85. The normalized spacial score (nSPS) is 25.2. The van der Waals surface area contributed by atoms with Crippen LogP contribution < -0.4 is 0 Å². The van der Waals surface area contributed by atoms with Crippen molar-refractivity contribution in [3.8, 4) is 0 Å². The van der Waals surface area contributed by atoms with Gasteiger partial charge in [0.25, 0.3) is 0 Å². The van der Waals surface area contributed by atoms with E-state index in [9.17, 15) is 14.7 Å². The third kappa shape index (κ3) is 4.70. The van der Waals surface area contributed by atoms with Gasteiger partial charge < -0.3 is 10.0 Å². The molecule has 5 heteroatoms. The molecule has 1 aromatic rings. The van der Waals surface area contributed by atoms with E-state index in [4.69, 9.17) is 0 Å². The zero-order valence-electron chi connectivity index (χ0n) is 16.6. The second kappa shape index (κ2) is 8.87. The molecule has 2 fully saturated rings. The second-order valence-corrected chi connectivity index (χ2v) is 8.17. The fourth-order valence-corrected chi connectivity index (χ4v) is 4.75. The highest BCUT2D eigenvalue weighted by atomic mass is 16.4. The van der Waals surface area contributed by atoms with E-state index in [-0.39, 0.29) is 18.5 Å². The van der Waals surface area contributed by atoms with Crippen molar-refractivity contribution in [2.45, 2.75) is 71.0 Å². The molecule has 3 rings (SSSR count). The van der Waals surface area contributed by atoms with E-state index in [1.807, 2.05) is 9.80 Å². The Morgan fingerprint density at radius 3 is 2.56 bits per heavy atom. The standard InChI is InChI=1S/C22H32N2O3/c1-3-12-23(14-17-10-8-16(2)9-11-17)21(25)15-24-19-7-5-4-6-18(19)13-20(24)22(26)27/h8-11,18-20H,3-7,12-15H2,1-2H3,(H,26,27). The van der Waals surface area contributed by atoms with Gasteiger partial charge in [0.05, 0.1) is 6.54 Å². The molecule has 3 unspecified atom stereocenters. The number of carbonyl (C=O) groups excluding carboxylic acids is 1. The predicted octanol–water partition coefficient (Wildman–Crippen LogP) is 3.45. The summed E-state index contributed by atoms with van der Waals surface area (Å²) in [6.45, 7) is 5.64. The number of fused-ring (bicyclic) bond motifs is 1. The first-order valence-electron chi connectivity index (χ1n) is 10.3. The molecule has 3 atom stereocenters. The predicted molar refractivity (Wildman–Crippen MR) is 105 cm³/mol. The van der Waals surface area contributed by atoms with Crippen LogP contribution in [0.15, 0.2) is 24.3 Å². The van der Waals surface area contributed by atoms with E-state index < -0.39 is 12.0 Å². The van der Waals surface area contributed by atoms with Crippen LogP contribution >= 0.6 is 0 Å². The maximum atomic E-state index is 13.1. The summed E-state index contributed by atoms with van der Waals surface area (Å²) in [6, 6.07) is 8.02. The van der Waals surface area contributed by atoms with Crippen molar-refractivity contribution in [2.75, 3.05) is 13.1 Å². The lowest BCUT2D eigenvalue weighted by Gasteiger charge is -2.34. The summed E-state index contributed by atoms with van der Waals surface area (Å²) in [7, 11) is 0. The van der Waals surface area contributed by atoms with Crippen molar-refractivity contribution in [3.05, 3.63) is 35.4 Å². The number of hydrogen-bond acceptors (Lipinski definition) is 3. The van der Waals surface area contributed by atoms with Crippen LogP contribution in [0.1, 0.15) is 56.6 Å². The van der Waals surface area contributed by atoms with Gasteiger partial charge in [0.2, 0.25) is 5.91 Å². The van der Waals surface area contributed by atoms with E-state index in [0.717, 1.165) is 31.2 Å². The summed E-state index contributed by atoms with van der Waals surface area (Å²) in [4.78, 5) is 28.8. The van der Waals surface area contributed by atoms with Gasteiger partial charge in [-0.2, -0.15) is 0 Å².